The fourth-order valence-corrected chi connectivity index (χ4v) is 10.2. The van der Waals surface area contributed by atoms with Crippen molar-refractivity contribution in [1.29, 1.82) is 0 Å². The molecule has 0 fully saturated rings. The van der Waals surface area contributed by atoms with Crippen molar-refractivity contribution in [3.8, 4) is 44.5 Å². The second kappa shape index (κ2) is 14.5. The van der Waals surface area contributed by atoms with Crippen LogP contribution in [0.4, 0.5) is 17.1 Å². The smallest absolute Gasteiger partial charge is 0.136 e. The number of anilines is 3. The number of rotatable bonds is 7. The number of fused-ring (bicyclic) bond motifs is 7. The van der Waals surface area contributed by atoms with Crippen LogP contribution in [0.15, 0.2) is 229 Å². The highest BCUT2D eigenvalue weighted by Gasteiger charge is 2.20. The van der Waals surface area contributed by atoms with Gasteiger partial charge in [0.05, 0.1) is 5.69 Å². The molecule has 12 rings (SSSR count). The first-order valence-electron chi connectivity index (χ1n) is 20.7. The minimum atomic E-state index is 0.903. The van der Waals surface area contributed by atoms with Crippen molar-refractivity contribution in [3.05, 3.63) is 224 Å². The van der Waals surface area contributed by atoms with Crippen LogP contribution < -0.4 is 4.90 Å². The maximum Gasteiger partial charge on any atom is 0.136 e. The molecule has 2 heterocycles. The van der Waals surface area contributed by atoms with E-state index in [1.54, 1.807) is 0 Å². The molecule has 0 atom stereocenters. The number of nitrogens with zero attached hydrogens (tertiary/aromatic N) is 1. The molecule has 10 aromatic carbocycles. The van der Waals surface area contributed by atoms with Gasteiger partial charge in [0.1, 0.15) is 11.2 Å². The Hall–Kier alpha value is -7.72. The van der Waals surface area contributed by atoms with E-state index < -0.39 is 0 Å². The summed E-state index contributed by atoms with van der Waals surface area (Å²) in [5, 5.41) is 7.33. The molecule has 61 heavy (non-hydrogen) atoms. The highest BCUT2D eigenvalue weighted by atomic mass is 32.1. The van der Waals surface area contributed by atoms with Crippen molar-refractivity contribution < 1.29 is 4.42 Å². The van der Waals surface area contributed by atoms with Crippen molar-refractivity contribution in [2.45, 2.75) is 0 Å². The third kappa shape index (κ3) is 6.18. The third-order valence-corrected chi connectivity index (χ3v) is 13.2. The Morgan fingerprint density at radius 2 is 0.869 bits per heavy atom. The largest absolute Gasteiger partial charge is 0.456 e. The molecular weight excluding hydrogens is 759 g/mol. The van der Waals surface area contributed by atoms with Crippen LogP contribution in [0.5, 0.6) is 0 Å². The fourth-order valence-electron chi connectivity index (χ4n) is 9.10. The number of thiophene rings is 1. The summed E-state index contributed by atoms with van der Waals surface area (Å²) in [6.45, 7) is 0. The van der Waals surface area contributed by atoms with Gasteiger partial charge in [-0.25, -0.2) is 0 Å². The van der Waals surface area contributed by atoms with Crippen LogP contribution in [0.2, 0.25) is 0 Å². The Morgan fingerprint density at radius 3 is 1.62 bits per heavy atom. The van der Waals surface area contributed by atoms with E-state index in [0.29, 0.717) is 0 Å². The van der Waals surface area contributed by atoms with E-state index >= 15 is 0 Å². The molecule has 0 bridgehead atoms. The van der Waals surface area contributed by atoms with E-state index in [0.717, 1.165) is 44.6 Å². The number of para-hydroxylation sites is 1. The van der Waals surface area contributed by atoms with Gasteiger partial charge in [0.15, 0.2) is 0 Å². The van der Waals surface area contributed by atoms with Gasteiger partial charge in [0.2, 0.25) is 0 Å². The van der Waals surface area contributed by atoms with Crippen LogP contribution in [0, 0.1) is 0 Å². The molecule has 2 nitrogen and oxygen atoms in total. The first-order valence-corrected chi connectivity index (χ1v) is 21.5. The molecule has 0 unspecified atom stereocenters. The average molecular weight is 796 g/mol. The minimum Gasteiger partial charge on any atom is -0.456 e. The molecule has 12 aromatic rings. The summed E-state index contributed by atoms with van der Waals surface area (Å²) in [6, 6.07) is 81.2. The van der Waals surface area contributed by atoms with E-state index in [1.165, 1.54) is 69.9 Å². The monoisotopic (exact) mass is 795 g/mol. The molecule has 2 aromatic heterocycles. The predicted molar refractivity (Wildman–Crippen MR) is 261 cm³/mol. The molecular formula is C58H37NOS. The quantitative estimate of drug-likeness (QED) is 0.160. The fraction of sp³-hybridized carbons (Fsp3) is 0. The lowest BCUT2D eigenvalue weighted by atomic mass is 9.95. The third-order valence-electron chi connectivity index (χ3n) is 12.1. The first kappa shape index (κ1) is 35.2. The first-order chi connectivity index (χ1) is 30.2. The molecule has 0 radical (unpaired) electrons. The number of hydrogen-bond acceptors (Lipinski definition) is 3. The Morgan fingerprint density at radius 1 is 0.328 bits per heavy atom. The van der Waals surface area contributed by atoms with Gasteiger partial charge in [-0.15, -0.1) is 11.3 Å². The van der Waals surface area contributed by atoms with Crippen molar-refractivity contribution in [2.75, 3.05) is 4.90 Å². The zero-order valence-corrected chi connectivity index (χ0v) is 33.9. The molecule has 0 saturated carbocycles. The van der Waals surface area contributed by atoms with E-state index in [2.05, 4.69) is 217 Å². The summed E-state index contributed by atoms with van der Waals surface area (Å²) in [5.74, 6) is 0. The second-order valence-corrected chi connectivity index (χ2v) is 16.8. The van der Waals surface area contributed by atoms with Crippen LogP contribution in [0.3, 0.4) is 0 Å². The zero-order chi connectivity index (χ0) is 40.3. The molecule has 0 amide bonds. The maximum atomic E-state index is 6.26. The van der Waals surface area contributed by atoms with Gasteiger partial charge >= 0.3 is 0 Å². The molecule has 3 heteroatoms. The minimum absolute atomic E-state index is 0.903. The number of furan rings is 1. The zero-order valence-electron chi connectivity index (χ0n) is 33.1. The van der Waals surface area contributed by atoms with Gasteiger partial charge in [0, 0.05) is 42.3 Å². The Labute approximate surface area is 357 Å². The molecule has 0 N–H and O–H groups in total. The maximum absolute atomic E-state index is 6.26. The molecule has 0 spiro atoms. The lowest BCUT2D eigenvalue weighted by molar-refractivity contribution is 0.669. The SMILES string of the molecule is c1cc(-c2ccc(N(c3ccc(-c4cccc5oc6ccccc6c45)cc3)c3cccc4sc5ccccc5c34)cc2)cc(-c2cccc(-c3ccc4ccccc4c3)c2)c1. The van der Waals surface area contributed by atoms with Crippen molar-refractivity contribution >= 4 is 81.3 Å². The van der Waals surface area contributed by atoms with E-state index in [1.807, 2.05) is 23.5 Å². The molecule has 286 valence electrons. The Balaban J connectivity index is 0.928. The average Bonchev–Trinajstić information content (AvgIpc) is 3.91. The van der Waals surface area contributed by atoms with E-state index in [-0.39, 0.29) is 0 Å². The van der Waals surface area contributed by atoms with Crippen molar-refractivity contribution in [3.63, 3.8) is 0 Å². The van der Waals surface area contributed by atoms with Gasteiger partial charge in [-0.1, -0.05) is 152 Å². The molecule has 0 aliphatic carbocycles. The number of hydrogen-bond donors (Lipinski definition) is 0. The summed E-state index contributed by atoms with van der Waals surface area (Å²) in [4.78, 5) is 2.41. The summed E-state index contributed by atoms with van der Waals surface area (Å²) < 4.78 is 8.82. The van der Waals surface area contributed by atoms with Gasteiger partial charge in [-0.3, -0.25) is 0 Å². The Kier molecular flexibility index (Phi) is 8.39. The standard InChI is InChI=1S/C58H37NOS/c1-2-12-41-36-46(26-25-38(41)11-1)45-16-8-15-44(37-45)43-14-7-13-42(35-43)39-27-31-47(32-28-39)59(52-20-10-24-56-58(52)51-18-4-6-23-55(51)61-56)48-33-29-40(30-34-48)49-19-9-22-54-57(49)50-17-3-5-21-53(50)60-54/h1-37H. The summed E-state index contributed by atoms with van der Waals surface area (Å²) in [6.07, 6.45) is 0. The van der Waals surface area contributed by atoms with E-state index in [4.69, 9.17) is 4.42 Å². The normalized spacial score (nSPS) is 11.6. The van der Waals surface area contributed by atoms with Crippen LogP contribution in [0.25, 0.3) is 97.4 Å². The molecule has 0 saturated heterocycles. The van der Waals surface area contributed by atoms with Gasteiger partial charge < -0.3 is 9.32 Å². The van der Waals surface area contributed by atoms with Gasteiger partial charge in [-0.2, -0.15) is 0 Å². The van der Waals surface area contributed by atoms with Crippen molar-refractivity contribution in [1.82, 2.24) is 0 Å². The summed E-state index contributed by atoms with van der Waals surface area (Å²) in [5.41, 5.74) is 14.7. The Bertz CT molecular complexity index is 3590. The molecule has 0 aliphatic heterocycles. The number of benzene rings is 10. The van der Waals surface area contributed by atoms with Crippen LogP contribution in [0.1, 0.15) is 0 Å². The van der Waals surface area contributed by atoms with Crippen LogP contribution in [-0.2, 0) is 0 Å². The lowest BCUT2D eigenvalue weighted by Crippen LogP contribution is -2.10. The van der Waals surface area contributed by atoms with Crippen LogP contribution in [-0.4, -0.2) is 0 Å². The van der Waals surface area contributed by atoms with Gasteiger partial charge in [0.25, 0.3) is 0 Å². The predicted octanol–water partition coefficient (Wildman–Crippen LogP) is 17.2. The topological polar surface area (TPSA) is 16.4 Å². The summed E-state index contributed by atoms with van der Waals surface area (Å²) >= 11 is 1.85. The van der Waals surface area contributed by atoms with E-state index in [9.17, 15) is 0 Å². The second-order valence-electron chi connectivity index (χ2n) is 15.7. The highest BCUT2D eigenvalue weighted by molar-refractivity contribution is 7.26. The summed E-state index contributed by atoms with van der Waals surface area (Å²) in [7, 11) is 0. The van der Waals surface area contributed by atoms with Crippen LogP contribution >= 0.6 is 11.3 Å². The lowest BCUT2D eigenvalue weighted by Gasteiger charge is -2.27. The van der Waals surface area contributed by atoms with Gasteiger partial charge in [-0.05, 0) is 128 Å². The highest BCUT2D eigenvalue weighted by Crippen LogP contribution is 2.46. The van der Waals surface area contributed by atoms with Crippen molar-refractivity contribution in [2.24, 2.45) is 0 Å². The molecule has 0 aliphatic rings.